The molecule has 2 aliphatic rings. The van der Waals surface area contributed by atoms with Gasteiger partial charge in [0.1, 0.15) is 0 Å². The average Bonchev–Trinajstić information content (AvgIpc) is 3.38. The first kappa shape index (κ1) is 14.8. The Morgan fingerprint density at radius 1 is 1.05 bits per heavy atom. The zero-order valence-corrected chi connectivity index (χ0v) is 12.8. The summed E-state index contributed by atoms with van der Waals surface area (Å²) >= 11 is 0. The summed E-state index contributed by atoms with van der Waals surface area (Å²) in [7, 11) is 0. The Balaban J connectivity index is 1.56. The second kappa shape index (κ2) is 6.77. The highest BCUT2D eigenvalue weighted by molar-refractivity contribution is 5.95. The molecule has 0 radical (unpaired) electrons. The van der Waals surface area contributed by atoms with Crippen LogP contribution in [0.4, 0.5) is 0 Å². The number of likely N-dealkylation sites (tertiary alicyclic amines) is 1. The molecule has 116 valence electrons. The van der Waals surface area contributed by atoms with E-state index < -0.39 is 0 Å². The molecular formula is C18H22N2O2. The van der Waals surface area contributed by atoms with Crippen LogP contribution < -0.4 is 5.32 Å². The summed E-state index contributed by atoms with van der Waals surface area (Å²) in [4.78, 5) is 25.8. The fourth-order valence-electron chi connectivity index (χ4n) is 2.63. The molecule has 2 fully saturated rings. The van der Waals surface area contributed by atoms with E-state index in [9.17, 15) is 9.59 Å². The van der Waals surface area contributed by atoms with E-state index in [0.29, 0.717) is 11.6 Å². The maximum Gasteiger partial charge on any atom is 0.251 e. The Kier molecular flexibility index (Phi) is 4.56. The van der Waals surface area contributed by atoms with Crippen LogP contribution in [0.3, 0.4) is 0 Å². The quantitative estimate of drug-likeness (QED) is 0.869. The molecular weight excluding hydrogens is 276 g/mol. The van der Waals surface area contributed by atoms with Crippen molar-refractivity contribution in [1.29, 1.82) is 0 Å². The minimum Gasteiger partial charge on any atom is -0.349 e. The standard InChI is InChI=1S/C18H22N2O2/c21-17(20-12-2-1-3-13-20)11-6-14-4-7-15(8-5-14)18(22)19-16-9-10-16/h4-8,11,16H,1-3,9-10,12-13H2,(H,19,22)/b11-6+. The van der Waals surface area contributed by atoms with Crippen LogP contribution in [0.1, 0.15) is 48.0 Å². The summed E-state index contributed by atoms with van der Waals surface area (Å²) in [6.07, 6.45) is 9.05. The molecule has 2 amide bonds. The summed E-state index contributed by atoms with van der Waals surface area (Å²) in [6.45, 7) is 1.73. The number of nitrogens with zero attached hydrogens (tertiary/aromatic N) is 1. The lowest BCUT2D eigenvalue weighted by Crippen LogP contribution is -2.34. The molecule has 22 heavy (non-hydrogen) atoms. The van der Waals surface area contributed by atoms with E-state index in [1.807, 2.05) is 35.2 Å². The molecule has 1 saturated heterocycles. The van der Waals surface area contributed by atoms with Gasteiger partial charge < -0.3 is 10.2 Å². The van der Waals surface area contributed by atoms with Gasteiger partial charge in [-0.05, 0) is 55.9 Å². The summed E-state index contributed by atoms with van der Waals surface area (Å²) in [5.41, 5.74) is 1.61. The van der Waals surface area contributed by atoms with Gasteiger partial charge in [0, 0.05) is 30.8 Å². The Bertz CT molecular complexity index is 567. The van der Waals surface area contributed by atoms with E-state index >= 15 is 0 Å². The Morgan fingerprint density at radius 2 is 1.73 bits per heavy atom. The lowest BCUT2D eigenvalue weighted by atomic mass is 10.1. The van der Waals surface area contributed by atoms with Gasteiger partial charge in [0.15, 0.2) is 0 Å². The van der Waals surface area contributed by atoms with Crippen molar-refractivity contribution in [3.8, 4) is 0 Å². The molecule has 0 spiro atoms. The van der Waals surface area contributed by atoms with E-state index in [1.54, 1.807) is 6.08 Å². The van der Waals surface area contributed by atoms with Crippen LogP contribution in [0, 0.1) is 0 Å². The molecule has 1 aromatic carbocycles. The number of benzene rings is 1. The summed E-state index contributed by atoms with van der Waals surface area (Å²) < 4.78 is 0. The number of piperidine rings is 1. The zero-order chi connectivity index (χ0) is 15.4. The lowest BCUT2D eigenvalue weighted by Gasteiger charge is -2.25. The third kappa shape index (κ3) is 3.97. The molecule has 1 N–H and O–H groups in total. The van der Waals surface area contributed by atoms with Gasteiger partial charge in [0.2, 0.25) is 5.91 Å². The molecule has 1 aromatic rings. The molecule has 4 heteroatoms. The fourth-order valence-corrected chi connectivity index (χ4v) is 2.63. The van der Waals surface area contributed by atoms with Gasteiger partial charge in [-0.2, -0.15) is 0 Å². The molecule has 1 heterocycles. The molecule has 0 bridgehead atoms. The topological polar surface area (TPSA) is 49.4 Å². The monoisotopic (exact) mass is 298 g/mol. The van der Waals surface area contributed by atoms with Crippen LogP contribution in [0.2, 0.25) is 0 Å². The van der Waals surface area contributed by atoms with Crippen LogP contribution in [-0.4, -0.2) is 35.8 Å². The molecule has 0 atom stereocenters. The molecule has 1 saturated carbocycles. The Hall–Kier alpha value is -2.10. The number of carbonyl (C=O) groups is 2. The Morgan fingerprint density at radius 3 is 2.36 bits per heavy atom. The van der Waals surface area contributed by atoms with Crippen LogP contribution >= 0.6 is 0 Å². The third-order valence-corrected chi connectivity index (χ3v) is 4.17. The largest absolute Gasteiger partial charge is 0.349 e. The minimum atomic E-state index is -0.0116. The number of carbonyl (C=O) groups excluding carboxylic acids is 2. The van der Waals surface area contributed by atoms with Crippen LogP contribution in [0.5, 0.6) is 0 Å². The first-order valence-corrected chi connectivity index (χ1v) is 8.10. The number of amides is 2. The van der Waals surface area contributed by atoms with Gasteiger partial charge in [-0.3, -0.25) is 9.59 Å². The van der Waals surface area contributed by atoms with Crippen LogP contribution in [0.15, 0.2) is 30.3 Å². The molecule has 0 unspecified atom stereocenters. The normalized spacial score (nSPS) is 18.5. The van der Waals surface area contributed by atoms with Gasteiger partial charge in [0.05, 0.1) is 0 Å². The van der Waals surface area contributed by atoms with Crippen molar-refractivity contribution in [1.82, 2.24) is 10.2 Å². The first-order valence-electron chi connectivity index (χ1n) is 8.10. The van der Waals surface area contributed by atoms with E-state index in [-0.39, 0.29) is 11.8 Å². The Labute approximate surface area is 131 Å². The molecule has 0 aromatic heterocycles. The average molecular weight is 298 g/mol. The van der Waals surface area contributed by atoms with Crippen molar-refractivity contribution < 1.29 is 9.59 Å². The van der Waals surface area contributed by atoms with E-state index in [1.165, 1.54) is 6.42 Å². The lowest BCUT2D eigenvalue weighted by molar-refractivity contribution is -0.126. The van der Waals surface area contributed by atoms with E-state index in [2.05, 4.69) is 5.32 Å². The van der Waals surface area contributed by atoms with Crippen molar-refractivity contribution in [2.24, 2.45) is 0 Å². The second-order valence-electron chi connectivity index (χ2n) is 6.09. The van der Waals surface area contributed by atoms with Gasteiger partial charge in [-0.25, -0.2) is 0 Å². The number of nitrogens with one attached hydrogen (secondary N) is 1. The predicted molar refractivity (Wildman–Crippen MR) is 86.4 cm³/mol. The molecule has 1 aliphatic carbocycles. The van der Waals surface area contributed by atoms with Gasteiger partial charge in [-0.15, -0.1) is 0 Å². The molecule has 4 nitrogen and oxygen atoms in total. The molecule has 3 rings (SSSR count). The fraction of sp³-hybridized carbons (Fsp3) is 0.444. The second-order valence-corrected chi connectivity index (χ2v) is 6.09. The minimum absolute atomic E-state index is 0.0116. The number of rotatable bonds is 4. The van der Waals surface area contributed by atoms with E-state index in [0.717, 1.165) is 44.3 Å². The van der Waals surface area contributed by atoms with Crippen LogP contribution in [-0.2, 0) is 4.79 Å². The van der Waals surface area contributed by atoms with Crippen molar-refractivity contribution in [2.75, 3.05) is 13.1 Å². The van der Waals surface area contributed by atoms with Gasteiger partial charge in [-0.1, -0.05) is 12.1 Å². The van der Waals surface area contributed by atoms with E-state index in [4.69, 9.17) is 0 Å². The maximum atomic E-state index is 12.0. The predicted octanol–water partition coefficient (Wildman–Crippen LogP) is 2.60. The smallest absolute Gasteiger partial charge is 0.251 e. The van der Waals surface area contributed by atoms with Crippen LogP contribution in [0.25, 0.3) is 6.08 Å². The SMILES string of the molecule is O=C(NC1CC1)c1ccc(/C=C/C(=O)N2CCCCC2)cc1. The highest BCUT2D eigenvalue weighted by Gasteiger charge is 2.23. The number of hydrogen-bond acceptors (Lipinski definition) is 2. The summed E-state index contributed by atoms with van der Waals surface area (Å²) in [5, 5.41) is 2.97. The van der Waals surface area contributed by atoms with Crippen molar-refractivity contribution in [3.63, 3.8) is 0 Å². The highest BCUT2D eigenvalue weighted by Crippen LogP contribution is 2.19. The summed E-state index contributed by atoms with van der Waals surface area (Å²) in [5.74, 6) is 0.0673. The van der Waals surface area contributed by atoms with Gasteiger partial charge in [0.25, 0.3) is 5.91 Å². The molecule has 1 aliphatic heterocycles. The van der Waals surface area contributed by atoms with Crippen molar-refractivity contribution >= 4 is 17.9 Å². The highest BCUT2D eigenvalue weighted by atomic mass is 16.2. The third-order valence-electron chi connectivity index (χ3n) is 4.17. The van der Waals surface area contributed by atoms with Gasteiger partial charge >= 0.3 is 0 Å². The summed E-state index contributed by atoms with van der Waals surface area (Å²) in [6, 6.07) is 7.74. The zero-order valence-electron chi connectivity index (χ0n) is 12.8. The number of hydrogen-bond donors (Lipinski definition) is 1. The van der Waals surface area contributed by atoms with Crippen molar-refractivity contribution in [2.45, 2.75) is 38.1 Å². The van der Waals surface area contributed by atoms with Crippen molar-refractivity contribution in [3.05, 3.63) is 41.5 Å². The maximum absolute atomic E-state index is 12.0. The first-order chi connectivity index (χ1) is 10.7.